The maximum absolute atomic E-state index is 6.22. The van der Waals surface area contributed by atoms with Crippen LogP contribution in [0.4, 0.5) is 0 Å². The molecule has 0 radical (unpaired) electrons. The lowest BCUT2D eigenvalue weighted by Crippen LogP contribution is -2.55. The molecular formula is C17H20O4. The van der Waals surface area contributed by atoms with Gasteiger partial charge in [0.05, 0.1) is 13.2 Å². The van der Waals surface area contributed by atoms with Gasteiger partial charge >= 0.3 is 0 Å². The summed E-state index contributed by atoms with van der Waals surface area (Å²) in [5, 5.41) is 0. The van der Waals surface area contributed by atoms with E-state index in [0.29, 0.717) is 13.2 Å². The van der Waals surface area contributed by atoms with E-state index in [1.54, 1.807) is 0 Å². The normalized spacial score (nSPS) is 34.9. The minimum absolute atomic E-state index is 0.00262. The number of benzene rings is 1. The van der Waals surface area contributed by atoms with E-state index in [-0.39, 0.29) is 18.3 Å². The summed E-state index contributed by atoms with van der Waals surface area (Å²) in [4.78, 5) is 0. The first-order chi connectivity index (χ1) is 10.1. The Bertz CT molecular complexity index is 622. The van der Waals surface area contributed by atoms with E-state index in [1.807, 2.05) is 13.8 Å². The SMILES string of the molecule is CC1(C)OC[C@H]2Oc3cc4c(c5c3[C@@H](OC5)[C@@H]2O1)CCC4. The van der Waals surface area contributed by atoms with Crippen LogP contribution in [-0.2, 0) is 33.7 Å². The molecule has 0 saturated carbocycles. The average molecular weight is 288 g/mol. The maximum atomic E-state index is 6.22. The van der Waals surface area contributed by atoms with Gasteiger partial charge in [-0.2, -0.15) is 0 Å². The Labute approximate surface area is 124 Å². The maximum Gasteiger partial charge on any atom is 0.163 e. The predicted octanol–water partition coefficient (Wildman–Crippen LogP) is 2.66. The van der Waals surface area contributed by atoms with Crippen LogP contribution in [0, 0.1) is 0 Å². The van der Waals surface area contributed by atoms with Crippen molar-refractivity contribution < 1.29 is 18.9 Å². The second-order valence-electron chi connectivity index (χ2n) is 6.94. The summed E-state index contributed by atoms with van der Waals surface area (Å²) in [5.41, 5.74) is 5.57. The topological polar surface area (TPSA) is 36.9 Å². The molecule has 4 nitrogen and oxygen atoms in total. The molecule has 3 heterocycles. The molecule has 0 N–H and O–H groups in total. The zero-order valence-electron chi connectivity index (χ0n) is 12.5. The Morgan fingerprint density at radius 2 is 2.10 bits per heavy atom. The van der Waals surface area contributed by atoms with Gasteiger partial charge in [-0.3, -0.25) is 0 Å². The van der Waals surface area contributed by atoms with Crippen LogP contribution in [0.2, 0.25) is 0 Å². The zero-order valence-corrected chi connectivity index (χ0v) is 12.5. The van der Waals surface area contributed by atoms with Crippen molar-refractivity contribution >= 4 is 0 Å². The minimum Gasteiger partial charge on any atom is -0.485 e. The van der Waals surface area contributed by atoms with Gasteiger partial charge in [0.1, 0.15) is 18.0 Å². The van der Waals surface area contributed by atoms with Gasteiger partial charge in [0, 0.05) is 5.56 Å². The molecule has 3 atom stereocenters. The lowest BCUT2D eigenvalue weighted by atomic mass is 9.89. The van der Waals surface area contributed by atoms with E-state index in [1.165, 1.54) is 35.1 Å². The fraction of sp³-hybridized carbons (Fsp3) is 0.647. The monoisotopic (exact) mass is 288 g/mol. The number of ether oxygens (including phenoxy) is 4. The molecule has 0 spiro atoms. The summed E-state index contributed by atoms with van der Waals surface area (Å²) in [6, 6.07) is 2.23. The van der Waals surface area contributed by atoms with Crippen molar-refractivity contribution in [3.8, 4) is 5.75 Å². The molecule has 1 aromatic rings. The first-order valence-electron chi connectivity index (χ1n) is 7.90. The van der Waals surface area contributed by atoms with Crippen LogP contribution in [0.1, 0.15) is 48.6 Å². The molecule has 112 valence electrons. The summed E-state index contributed by atoms with van der Waals surface area (Å²) in [5.74, 6) is 0.437. The Morgan fingerprint density at radius 3 is 3.00 bits per heavy atom. The Kier molecular flexibility index (Phi) is 2.37. The molecular weight excluding hydrogens is 268 g/mol. The van der Waals surface area contributed by atoms with Crippen molar-refractivity contribution in [2.45, 2.75) is 63.8 Å². The molecule has 0 unspecified atom stereocenters. The third-order valence-electron chi connectivity index (χ3n) is 5.17. The Hall–Kier alpha value is -1.10. The van der Waals surface area contributed by atoms with Crippen LogP contribution in [-0.4, -0.2) is 24.6 Å². The Balaban J connectivity index is 1.63. The van der Waals surface area contributed by atoms with Crippen molar-refractivity contribution in [2.75, 3.05) is 6.61 Å². The van der Waals surface area contributed by atoms with Gasteiger partial charge in [0.15, 0.2) is 11.9 Å². The molecule has 3 aliphatic heterocycles. The molecule has 5 rings (SSSR count). The van der Waals surface area contributed by atoms with Crippen LogP contribution >= 0.6 is 0 Å². The van der Waals surface area contributed by atoms with E-state index >= 15 is 0 Å². The molecule has 4 aliphatic rings. The number of aryl methyl sites for hydroxylation is 1. The fourth-order valence-corrected chi connectivity index (χ4v) is 4.24. The third-order valence-corrected chi connectivity index (χ3v) is 5.17. The first kappa shape index (κ1) is 12.4. The average Bonchev–Trinajstić information content (AvgIpc) is 3.06. The van der Waals surface area contributed by atoms with Crippen molar-refractivity contribution in [1.82, 2.24) is 0 Å². The minimum atomic E-state index is -0.565. The summed E-state index contributed by atoms with van der Waals surface area (Å²) in [6.07, 6.45) is 3.45. The number of hydrogen-bond acceptors (Lipinski definition) is 4. The summed E-state index contributed by atoms with van der Waals surface area (Å²) >= 11 is 0. The molecule has 21 heavy (non-hydrogen) atoms. The van der Waals surface area contributed by atoms with Crippen molar-refractivity contribution in [3.05, 3.63) is 28.3 Å². The number of rotatable bonds is 0. The van der Waals surface area contributed by atoms with Crippen LogP contribution in [0.3, 0.4) is 0 Å². The molecule has 1 saturated heterocycles. The van der Waals surface area contributed by atoms with E-state index < -0.39 is 5.79 Å². The van der Waals surface area contributed by atoms with Gasteiger partial charge in [-0.05, 0) is 55.9 Å². The van der Waals surface area contributed by atoms with Crippen molar-refractivity contribution in [3.63, 3.8) is 0 Å². The molecule has 1 aliphatic carbocycles. The Morgan fingerprint density at radius 1 is 1.19 bits per heavy atom. The molecule has 1 fully saturated rings. The highest BCUT2D eigenvalue weighted by molar-refractivity contribution is 5.55. The molecule has 0 amide bonds. The highest BCUT2D eigenvalue weighted by Gasteiger charge is 2.50. The highest BCUT2D eigenvalue weighted by atomic mass is 16.7. The lowest BCUT2D eigenvalue weighted by Gasteiger charge is -2.45. The van der Waals surface area contributed by atoms with Crippen LogP contribution in [0.25, 0.3) is 0 Å². The molecule has 1 aromatic carbocycles. The quantitative estimate of drug-likeness (QED) is 0.735. The van der Waals surface area contributed by atoms with E-state index in [0.717, 1.165) is 12.2 Å². The predicted molar refractivity (Wildman–Crippen MR) is 75.3 cm³/mol. The van der Waals surface area contributed by atoms with Gasteiger partial charge in [-0.1, -0.05) is 0 Å². The smallest absolute Gasteiger partial charge is 0.163 e. The zero-order chi connectivity index (χ0) is 14.2. The van der Waals surface area contributed by atoms with Gasteiger partial charge < -0.3 is 18.9 Å². The van der Waals surface area contributed by atoms with E-state index in [9.17, 15) is 0 Å². The van der Waals surface area contributed by atoms with Crippen LogP contribution < -0.4 is 4.74 Å². The van der Waals surface area contributed by atoms with E-state index in [4.69, 9.17) is 18.9 Å². The van der Waals surface area contributed by atoms with Gasteiger partial charge in [0.2, 0.25) is 0 Å². The highest BCUT2D eigenvalue weighted by Crippen LogP contribution is 2.50. The lowest BCUT2D eigenvalue weighted by molar-refractivity contribution is -0.321. The molecule has 0 bridgehead atoms. The van der Waals surface area contributed by atoms with Crippen molar-refractivity contribution in [2.24, 2.45) is 0 Å². The fourth-order valence-electron chi connectivity index (χ4n) is 4.24. The number of fused-ring (bicyclic) bond motifs is 4. The summed E-state index contributed by atoms with van der Waals surface area (Å²) in [6.45, 7) is 5.17. The summed E-state index contributed by atoms with van der Waals surface area (Å²) < 4.78 is 24.2. The summed E-state index contributed by atoms with van der Waals surface area (Å²) in [7, 11) is 0. The van der Waals surface area contributed by atoms with Crippen LogP contribution in [0.15, 0.2) is 6.07 Å². The largest absolute Gasteiger partial charge is 0.485 e. The standard InChI is InChI=1S/C17H20O4/c1-17(2)19-8-13-15(21-17)16-14-11(7-18-16)10-5-3-4-9(10)6-12(14)20-13/h6,13,15-16H,3-5,7-8H2,1-2H3/t13-,15-,16-/m1/s1. The second-order valence-corrected chi connectivity index (χ2v) is 6.94. The van der Waals surface area contributed by atoms with Crippen LogP contribution in [0.5, 0.6) is 5.75 Å². The van der Waals surface area contributed by atoms with Gasteiger partial charge in [-0.15, -0.1) is 0 Å². The number of hydrogen-bond donors (Lipinski definition) is 0. The second kappa shape index (κ2) is 4.00. The van der Waals surface area contributed by atoms with Crippen molar-refractivity contribution in [1.29, 1.82) is 0 Å². The van der Waals surface area contributed by atoms with Gasteiger partial charge in [0.25, 0.3) is 0 Å². The molecule has 4 heteroatoms. The first-order valence-corrected chi connectivity index (χ1v) is 7.90. The molecule has 0 aromatic heterocycles. The van der Waals surface area contributed by atoms with E-state index in [2.05, 4.69) is 6.07 Å². The third kappa shape index (κ3) is 1.67. The van der Waals surface area contributed by atoms with Gasteiger partial charge in [-0.25, -0.2) is 0 Å².